The van der Waals surface area contributed by atoms with E-state index in [0.717, 1.165) is 25.3 Å². The van der Waals surface area contributed by atoms with Gasteiger partial charge in [0, 0.05) is 30.8 Å². The van der Waals surface area contributed by atoms with Gasteiger partial charge in [0.2, 0.25) is 0 Å². The molecule has 0 spiro atoms. The predicted molar refractivity (Wildman–Crippen MR) is 76.1 cm³/mol. The fraction of sp³-hybridized carbons (Fsp3) is 0.375. The van der Waals surface area contributed by atoms with E-state index >= 15 is 0 Å². The number of hydrogen-bond donors (Lipinski definition) is 1. The molecular formula is C16H19N3. The average Bonchev–Trinajstić information content (AvgIpc) is 2.49. The number of piperidine rings is 1. The first kappa shape index (κ1) is 12.3. The van der Waals surface area contributed by atoms with Gasteiger partial charge in [-0.3, -0.25) is 0 Å². The van der Waals surface area contributed by atoms with Gasteiger partial charge in [-0.2, -0.15) is 0 Å². The molecule has 0 radical (unpaired) electrons. The van der Waals surface area contributed by atoms with E-state index < -0.39 is 0 Å². The van der Waals surface area contributed by atoms with E-state index in [1.807, 2.05) is 12.3 Å². The lowest BCUT2D eigenvalue weighted by Crippen LogP contribution is -2.29. The number of benzene rings is 1. The molecule has 0 bridgehead atoms. The van der Waals surface area contributed by atoms with Crippen LogP contribution in [0.5, 0.6) is 0 Å². The van der Waals surface area contributed by atoms with Gasteiger partial charge in [-0.25, -0.2) is 9.97 Å². The minimum absolute atomic E-state index is 0.547. The first-order valence-corrected chi connectivity index (χ1v) is 6.98. The first-order chi connectivity index (χ1) is 9.42. The lowest BCUT2D eigenvalue weighted by Gasteiger charge is -2.22. The highest BCUT2D eigenvalue weighted by Gasteiger charge is 2.16. The molecule has 1 N–H and O–H groups in total. The molecule has 98 valence electrons. The Balaban J connectivity index is 1.76. The molecule has 3 heteroatoms. The quantitative estimate of drug-likeness (QED) is 0.913. The highest BCUT2D eigenvalue weighted by Crippen LogP contribution is 2.21. The number of hydrogen-bond acceptors (Lipinski definition) is 3. The second kappa shape index (κ2) is 5.93. The molecule has 0 saturated carbocycles. The highest BCUT2D eigenvalue weighted by atomic mass is 14.9. The maximum atomic E-state index is 4.74. The maximum absolute atomic E-state index is 4.74. The third kappa shape index (κ3) is 3.18. The van der Waals surface area contributed by atoms with Crippen LogP contribution in [0.25, 0.3) is 0 Å². The molecule has 3 rings (SSSR count). The second-order valence-corrected chi connectivity index (χ2v) is 5.10. The van der Waals surface area contributed by atoms with Crippen molar-refractivity contribution in [1.29, 1.82) is 0 Å². The van der Waals surface area contributed by atoms with Crippen LogP contribution in [0.15, 0.2) is 42.6 Å². The molecule has 1 aliphatic rings. The Morgan fingerprint density at radius 3 is 2.84 bits per heavy atom. The van der Waals surface area contributed by atoms with Crippen molar-refractivity contribution in [2.45, 2.75) is 25.2 Å². The smallest absolute Gasteiger partial charge is 0.132 e. The summed E-state index contributed by atoms with van der Waals surface area (Å²) < 4.78 is 0. The number of nitrogens with zero attached hydrogens (tertiary/aromatic N) is 2. The molecule has 19 heavy (non-hydrogen) atoms. The van der Waals surface area contributed by atoms with Crippen LogP contribution in [0.3, 0.4) is 0 Å². The minimum atomic E-state index is 0.547. The van der Waals surface area contributed by atoms with Crippen LogP contribution in [0.4, 0.5) is 0 Å². The van der Waals surface area contributed by atoms with Crippen LogP contribution in [-0.2, 0) is 6.42 Å². The Morgan fingerprint density at radius 2 is 2.05 bits per heavy atom. The Labute approximate surface area is 114 Å². The molecule has 2 aromatic rings. The normalized spacial score (nSPS) is 19.3. The summed E-state index contributed by atoms with van der Waals surface area (Å²) in [5, 5.41) is 3.44. The summed E-state index contributed by atoms with van der Waals surface area (Å²) in [5.41, 5.74) is 2.45. The summed E-state index contributed by atoms with van der Waals surface area (Å²) in [6, 6.07) is 12.5. The molecule has 1 unspecified atom stereocenters. The monoisotopic (exact) mass is 253 g/mol. The van der Waals surface area contributed by atoms with Gasteiger partial charge in [0.1, 0.15) is 5.82 Å². The lowest BCUT2D eigenvalue weighted by molar-refractivity contribution is 0.453. The van der Waals surface area contributed by atoms with Crippen molar-refractivity contribution in [2.24, 2.45) is 0 Å². The first-order valence-electron chi connectivity index (χ1n) is 6.98. The minimum Gasteiger partial charge on any atom is -0.316 e. The van der Waals surface area contributed by atoms with E-state index in [9.17, 15) is 0 Å². The Morgan fingerprint density at radius 1 is 1.16 bits per heavy atom. The molecule has 3 nitrogen and oxygen atoms in total. The standard InChI is InChI=1S/C16H19N3/c1-2-5-13(6-3-1)11-16-18-10-8-15(19-16)14-7-4-9-17-12-14/h1-3,5-6,8,10,14,17H,4,7,9,11-12H2. The molecule has 1 fully saturated rings. The molecule has 0 aliphatic carbocycles. The van der Waals surface area contributed by atoms with Crippen molar-refractivity contribution in [3.63, 3.8) is 0 Å². The van der Waals surface area contributed by atoms with Crippen LogP contribution in [0, 0.1) is 0 Å². The summed E-state index contributed by atoms with van der Waals surface area (Å²) in [4.78, 5) is 9.14. The summed E-state index contributed by atoms with van der Waals surface area (Å²) in [6.07, 6.45) is 5.18. The van der Waals surface area contributed by atoms with Crippen LogP contribution >= 0.6 is 0 Å². The van der Waals surface area contributed by atoms with E-state index in [1.165, 1.54) is 24.1 Å². The van der Waals surface area contributed by atoms with Crippen LogP contribution in [-0.4, -0.2) is 23.1 Å². The summed E-state index contributed by atoms with van der Waals surface area (Å²) in [5.74, 6) is 1.47. The van der Waals surface area contributed by atoms with Crippen molar-refractivity contribution >= 4 is 0 Å². The number of aromatic nitrogens is 2. The van der Waals surface area contributed by atoms with E-state index in [2.05, 4.69) is 40.6 Å². The fourth-order valence-corrected chi connectivity index (χ4v) is 2.61. The van der Waals surface area contributed by atoms with E-state index in [4.69, 9.17) is 4.98 Å². The Bertz CT molecular complexity index is 519. The zero-order valence-electron chi connectivity index (χ0n) is 11.0. The van der Waals surface area contributed by atoms with Crippen molar-refractivity contribution in [1.82, 2.24) is 15.3 Å². The van der Waals surface area contributed by atoms with Gasteiger partial charge < -0.3 is 5.32 Å². The molecular weight excluding hydrogens is 234 g/mol. The molecule has 0 amide bonds. The zero-order chi connectivity index (χ0) is 12.9. The third-order valence-electron chi connectivity index (χ3n) is 3.65. The fourth-order valence-electron chi connectivity index (χ4n) is 2.61. The zero-order valence-corrected chi connectivity index (χ0v) is 11.0. The van der Waals surface area contributed by atoms with Gasteiger partial charge >= 0.3 is 0 Å². The number of nitrogens with one attached hydrogen (secondary N) is 1. The molecule has 1 saturated heterocycles. The topological polar surface area (TPSA) is 37.8 Å². The van der Waals surface area contributed by atoms with Crippen molar-refractivity contribution in [3.8, 4) is 0 Å². The maximum Gasteiger partial charge on any atom is 0.132 e. The summed E-state index contributed by atoms with van der Waals surface area (Å²) >= 11 is 0. The van der Waals surface area contributed by atoms with Crippen molar-refractivity contribution < 1.29 is 0 Å². The number of rotatable bonds is 3. The van der Waals surface area contributed by atoms with Gasteiger partial charge in [-0.05, 0) is 31.0 Å². The van der Waals surface area contributed by atoms with Crippen LogP contribution in [0.2, 0.25) is 0 Å². The summed E-state index contributed by atoms with van der Waals surface area (Å²) in [6.45, 7) is 2.18. The third-order valence-corrected chi connectivity index (χ3v) is 3.65. The molecule has 1 aromatic heterocycles. The van der Waals surface area contributed by atoms with Crippen LogP contribution < -0.4 is 5.32 Å². The van der Waals surface area contributed by atoms with E-state index in [-0.39, 0.29) is 0 Å². The second-order valence-electron chi connectivity index (χ2n) is 5.10. The van der Waals surface area contributed by atoms with Gasteiger partial charge in [0.15, 0.2) is 0 Å². The predicted octanol–water partition coefficient (Wildman–Crippen LogP) is 2.53. The molecule has 2 heterocycles. The van der Waals surface area contributed by atoms with E-state index in [1.54, 1.807) is 0 Å². The van der Waals surface area contributed by atoms with Crippen molar-refractivity contribution in [2.75, 3.05) is 13.1 Å². The Kier molecular flexibility index (Phi) is 3.84. The largest absolute Gasteiger partial charge is 0.316 e. The average molecular weight is 253 g/mol. The molecule has 1 aliphatic heterocycles. The Hall–Kier alpha value is -1.74. The highest BCUT2D eigenvalue weighted by molar-refractivity contribution is 5.20. The molecule has 1 atom stereocenters. The SMILES string of the molecule is c1ccc(Cc2nccc(C3CCCNC3)n2)cc1. The van der Waals surface area contributed by atoms with Gasteiger partial charge in [0.05, 0.1) is 0 Å². The van der Waals surface area contributed by atoms with Gasteiger partial charge in [-0.15, -0.1) is 0 Å². The van der Waals surface area contributed by atoms with E-state index in [0.29, 0.717) is 5.92 Å². The summed E-state index contributed by atoms with van der Waals surface area (Å²) in [7, 11) is 0. The van der Waals surface area contributed by atoms with Crippen molar-refractivity contribution in [3.05, 3.63) is 59.7 Å². The molecule has 1 aromatic carbocycles. The van der Waals surface area contributed by atoms with Gasteiger partial charge in [-0.1, -0.05) is 30.3 Å². The van der Waals surface area contributed by atoms with Crippen LogP contribution in [0.1, 0.15) is 35.8 Å². The lowest BCUT2D eigenvalue weighted by atomic mass is 9.96. The van der Waals surface area contributed by atoms with Gasteiger partial charge in [0.25, 0.3) is 0 Å².